The zero-order chi connectivity index (χ0) is 18.5. The van der Waals surface area contributed by atoms with E-state index in [0.29, 0.717) is 17.0 Å². The fraction of sp³-hybridized carbons (Fsp3) is 0.111. The molecule has 26 heavy (non-hydrogen) atoms. The summed E-state index contributed by atoms with van der Waals surface area (Å²) in [6.07, 6.45) is 0. The molecule has 0 aliphatic carbocycles. The van der Waals surface area contributed by atoms with Gasteiger partial charge in [0.25, 0.3) is 5.91 Å². The lowest BCUT2D eigenvalue weighted by molar-refractivity contribution is -0.114. The lowest BCUT2D eigenvalue weighted by Crippen LogP contribution is -2.16. The second kappa shape index (κ2) is 7.47. The van der Waals surface area contributed by atoms with Gasteiger partial charge < -0.3 is 14.5 Å². The van der Waals surface area contributed by atoms with E-state index in [1.165, 1.54) is 6.92 Å². The molecule has 1 aromatic heterocycles. The predicted octanol–water partition coefficient (Wildman–Crippen LogP) is 2.96. The normalized spacial score (nSPS) is 10.2. The first kappa shape index (κ1) is 17.2. The van der Waals surface area contributed by atoms with Gasteiger partial charge in [-0.3, -0.25) is 14.9 Å². The molecule has 2 aromatic carbocycles. The average Bonchev–Trinajstić information content (AvgIpc) is 3.10. The van der Waals surface area contributed by atoms with Crippen molar-refractivity contribution in [3.63, 3.8) is 0 Å². The van der Waals surface area contributed by atoms with Crippen LogP contribution < -0.4 is 15.4 Å². The van der Waals surface area contributed by atoms with Crippen LogP contribution in [0.4, 0.5) is 11.7 Å². The van der Waals surface area contributed by atoms with Gasteiger partial charge >= 0.3 is 6.01 Å². The van der Waals surface area contributed by atoms with E-state index in [-0.39, 0.29) is 23.4 Å². The molecule has 0 fully saturated rings. The van der Waals surface area contributed by atoms with Gasteiger partial charge in [0, 0.05) is 12.5 Å². The molecule has 0 aliphatic heterocycles. The van der Waals surface area contributed by atoms with Crippen LogP contribution >= 0.6 is 0 Å². The van der Waals surface area contributed by atoms with Gasteiger partial charge in [0.2, 0.25) is 11.8 Å². The lowest BCUT2D eigenvalue weighted by atomic mass is 10.1. The molecule has 2 N–H and O–H groups in total. The van der Waals surface area contributed by atoms with Gasteiger partial charge in [-0.1, -0.05) is 17.2 Å². The number of hydrogen-bond acceptors (Lipinski definition) is 6. The molecule has 0 saturated carbocycles. The summed E-state index contributed by atoms with van der Waals surface area (Å²) in [5, 5.41) is 12.9. The number of amides is 2. The van der Waals surface area contributed by atoms with Crippen LogP contribution in [0.15, 0.2) is 52.9 Å². The second-order valence-corrected chi connectivity index (χ2v) is 5.32. The number of nitrogens with zero attached hydrogens (tertiary/aromatic N) is 2. The summed E-state index contributed by atoms with van der Waals surface area (Å²) in [7, 11) is 1.58. The van der Waals surface area contributed by atoms with Crippen molar-refractivity contribution in [3.05, 3.63) is 54.1 Å². The Labute approximate surface area is 149 Å². The SMILES string of the molecule is COc1ccc(-c2nnc(NC(=O)c3ccccc3NC(C)=O)o2)cc1. The molecule has 0 aliphatic rings. The Morgan fingerprint density at radius 3 is 2.42 bits per heavy atom. The molecule has 0 unspecified atom stereocenters. The fourth-order valence-electron chi connectivity index (χ4n) is 2.27. The molecule has 0 saturated heterocycles. The van der Waals surface area contributed by atoms with Gasteiger partial charge in [-0.25, -0.2) is 0 Å². The van der Waals surface area contributed by atoms with Crippen molar-refractivity contribution in [1.82, 2.24) is 10.2 Å². The molecule has 0 radical (unpaired) electrons. The van der Waals surface area contributed by atoms with E-state index in [1.807, 2.05) is 0 Å². The van der Waals surface area contributed by atoms with Crippen molar-refractivity contribution in [2.45, 2.75) is 6.92 Å². The number of anilines is 2. The monoisotopic (exact) mass is 352 g/mol. The summed E-state index contributed by atoms with van der Waals surface area (Å²) < 4.78 is 10.6. The Morgan fingerprint density at radius 2 is 1.73 bits per heavy atom. The smallest absolute Gasteiger partial charge is 0.322 e. The number of carbonyl (C=O) groups excluding carboxylic acids is 2. The first-order valence-electron chi connectivity index (χ1n) is 7.72. The third-order valence-corrected chi connectivity index (χ3v) is 3.46. The highest BCUT2D eigenvalue weighted by Gasteiger charge is 2.16. The van der Waals surface area contributed by atoms with Crippen molar-refractivity contribution in [3.8, 4) is 17.2 Å². The third kappa shape index (κ3) is 3.86. The molecule has 1 heterocycles. The van der Waals surface area contributed by atoms with Crippen LogP contribution in [-0.2, 0) is 4.79 Å². The maximum Gasteiger partial charge on any atom is 0.322 e. The minimum Gasteiger partial charge on any atom is -0.497 e. The third-order valence-electron chi connectivity index (χ3n) is 3.46. The van der Waals surface area contributed by atoms with Crippen LogP contribution in [0.3, 0.4) is 0 Å². The molecule has 0 atom stereocenters. The molecular formula is C18H16N4O4. The Morgan fingerprint density at radius 1 is 1.00 bits per heavy atom. The van der Waals surface area contributed by atoms with E-state index in [1.54, 1.807) is 55.6 Å². The van der Waals surface area contributed by atoms with E-state index in [0.717, 1.165) is 0 Å². The number of hydrogen-bond donors (Lipinski definition) is 2. The quantitative estimate of drug-likeness (QED) is 0.731. The van der Waals surface area contributed by atoms with Crippen LogP contribution in [0.5, 0.6) is 5.75 Å². The van der Waals surface area contributed by atoms with Gasteiger partial charge in [-0.2, -0.15) is 0 Å². The molecule has 3 aromatic rings. The predicted molar refractivity (Wildman–Crippen MR) is 95.0 cm³/mol. The minimum absolute atomic E-state index is 0.0431. The van der Waals surface area contributed by atoms with Crippen LogP contribution in [0.1, 0.15) is 17.3 Å². The van der Waals surface area contributed by atoms with Crippen molar-refractivity contribution < 1.29 is 18.7 Å². The topological polar surface area (TPSA) is 106 Å². The molecular weight excluding hydrogens is 336 g/mol. The zero-order valence-electron chi connectivity index (χ0n) is 14.1. The fourth-order valence-corrected chi connectivity index (χ4v) is 2.27. The van der Waals surface area contributed by atoms with Crippen LogP contribution in [0.2, 0.25) is 0 Å². The molecule has 3 rings (SSSR count). The van der Waals surface area contributed by atoms with E-state index < -0.39 is 5.91 Å². The number of para-hydroxylation sites is 1. The van der Waals surface area contributed by atoms with Gasteiger partial charge in [-0.15, -0.1) is 5.10 Å². The summed E-state index contributed by atoms with van der Waals surface area (Å²) in [6, 6.07) is 13.6. The Kier molecular flexibility index (Phi) is 4.93. The van der Waals surface area contributed by atoms with E-state index in [9.17, 15) is 9.59 Å². The minimum atomic E-state index is -0.473. The lowest BCUT2D eigenvalue weighted by Gasteiger charge is -2.08. The summed E-state index contributed by atoms with van der Waals surface area (Å²) in [5.74, 6) is 0.221. The van der Waals surface area contributed by atoms with Gasteiger partial charge in [0.15, 0.2) is 0 Å². The van der Waals surface area contributed by atoms with Crippen molar-refractivity contribution in [2.24, 2.45) is 0 Å². The number of carbonyl (C=O) groups is 2. The first-order chi connectivity index (χ1) is 12.6. The Bertz CT molecular complexity index is 934. The standard InChI is InChI=1S/C18H16N4O4/c1-11(23)19-15-6-4-3-5-14(15)16(24)20-18-22-21-17(26-18)12-7-9-13(25-2)10-8-12/h3-10H,1-2H3,(H,19,23)(H,20,22,24). The second-order valence-electron chi connectivity index (χ2n) is 5.32. The molecule has 8 nitrogen and oxygen atoms in total. The summed E-state index contributed by atoms with van der Waals surface area (Å²) >= 11 is 0. The van der Waals surface area contributed by atoms with Crippen molar-refractivity contribution in [2.75, 3.05) is 17.7 Å². The summed E-state index contributed by atoms with van der Waals surface area (Å²) in [4.78, 5) is 23.7. The number of methoxy groups -OCH3 is 1. The number of rotatable bonds is 5. The molecule has 132 valence electrons. The van der Waals surface area contributed by atoms with Crippen LogP contribution in [0.25, 0.3) is 11.5 Å². The number of ether oxygens (including phenoxy) is 1. The zero-order valence-corrected chi connectivity index (χ0v) is 14.1. The maximum absolute atomic E-state index is 12.4. The van der Waals surface area contributed by atoms with E-state index in [2.05, 4.69) is 20.8 Å². The van der Waals surface area contributed by atoms with Gasteiger partial charge in [0.1, 0.15) is 5.75 Å². The Hall–Kier alpha value is -3.68. The highest BCUT2D eigenvalue weighted by molar-refractivity contribution is 6.09. The maximum atomic E-state index is 12.4. The number of aromatic nitrogens is 2. The highest BCUT2D eigenvalue weighted by atomic mass is 16.5. The molecule has 0 bridgehead atoms. The molecule has 8 heteroatoms. The summed E-state index contributed by atoms with van der Waals surface area (Å²) in [6.45, 7) is 1.37. The number of nitrogens with one attached hydrogen (secondary N) is 2. The van der Waals surface area contributed by atoms with Crippen LogP contribution in [0, 0.1) is 0 Å². The van der Waals surface area contributed by atoms with Crippen molar-refractivity contribution in [1.29, 1.82) is 0 Å². The Balaban J connectivity index is 1.76. The first-order valence-corrected chi connectivity index (χ1v) is 7.72. The van der Waals surface area contributed by atoms with E-state index in [4.69, 9.17) is 9.15 Å². The summed E-state index contributed by atoms with van der Waals surface area (Å²) in [5.41, 5.74) is 1.37. The molecule has 0 spiro atoms. The van der Waals surface area contributed by atoms with Crippen LogP contribution in [-0.4, -0.2) is 29.1 Å². The molecule has 2 amide bonds. The van der Waals surface area contributed by atoms with Gasteiger partial charge in [0.05, 0.1) is 18.4 Å². The van der Waals surface area contributed by atoms with E-state index >= 15 is 0 Å². The van der Waals surface area contributed by atoms with Crippen molar-refractivity contribution >= 4 is 23.5 Å². The number of benzene rings is 2. The van der Waals surface area contributed by atoms with Gasteiger partial charge in [-0.05, 0) is 36.4 Å². The largest absolute Gasteiger partial charge is 0.497 e. The average molecular weight is 352 g/mol. The highest BCUT2D eigenvalue weighted by Crippen LogP contribution is 2.23.